The molecule has 7 N–H and O–H groups in total. The lowest BCUT2D eigenvalue weighted by Gasteiger charge is -2.18. The quantitative estimate of drug-likeness (QED) is 0.0526. The fourth-order valence-electron chi connectivity index (χ4n) is 5.96. The van der Waals surface area contributed by atoms with Crippen molar-refractivity contribution < 1.29 is 35.3 Å². The molecule has 1 rings (SSSR count). The molecule has 0 saturated carbocycles. The fraction of sp³-hybridized carbons (Fsp3) is 0.763. The molecule has 1 aromatic heterocycles. The molecule has 0 aliphatic carbocycles. The van der Waals surface area contributed by atoms with Crippen LogP contribution in [-0.4, -0.2) is 81.9 Å². The Labute approximate surface area is 306 Å². The molecule has 0 aliphatic heterocycles. The van der Waals surface area contributed by atoms with Crippen LogP contribution in [0.3, 0.4) is 0 Å². The number of aromatic nitrogens is 2. The van der Waals surface area contributed by atoms with E-state index in [4.69, 9.17) is 5.73 Å². The van der Waals surface area contributed by atoms with Gasteiger partial charge >= 0.3 is 5.97 Å². The molecule has 13 heteroatoms. The highest BCUT2D eigenvalue weighted by atomic mass is 16.4. The van der Waals surface area contributed by atoms with Gasteiger partial charge in [0.25, 0.3) is 0 Å². The van der Waals surface area contributed by atoms with Gasteiger partial charge in [-0.2, -0.15) is 0 Å². The average molecular weight is 721 g/mol. The highest BCUT2D eigenvalue weighted by Gasteiger charge is 2.25. The first-order valence-electron chi connectivity index (χ1n) is 19.3. The molecule has 0 radical (unpaired) electrons. The molecule has 1 heterocycles. The molecular weight excluding hydrogens is 652 g/mol. The van der Waals surface area contributed by atoms with Crippen LogP contribution in [0.1, 0.15) is 149 Å². The second-order valence-corrected chi connectivity index (χ2v) is 13.9. The molecule has 3 atom stereocenters. The Morgan fingerprint density at radius 1 is 0.804 bits per heavy atom. The van der Waals surface area contributed by atoms with Crippen molar-refractivity contribution in [2.24, 2.45) is 11.7 Å². The van der Waals surface area contributed by atoms with Crippen LogP contribution in [0.5, 0.6) is 0 Å². The number of unbranched alkanes of at least 4 members (excludes halogenated alkanes) is 13. The predicted molar refractivity (Wildman–Crippen MR) is 200 cm³/mol. The zero-order valence-corrected chi connectivity index (χ0v) is 31.3. The SMILES string of the molecule is CCCCCCCCCCCCCCCC(=O)N[C@H](CCC(=O)NCCCC[C@@H](CC(=O)[C@@H](N)Cc1cnc[nH]1)C(=O)CNCC(C)=O)C(=O)O.[HH]. The zero-order chi connectivity index (χ0) is 37.7. The van der Waals surface area contributed by atoms with Crippen molar-refractivity contribution in [1.29, 1.82) is 0 Å². The Bertz CT molecular complexity index is 1150. The van der Waals surface area contributed by atoms with Gasteiger partial charge in [0.05, 0.1) is 25.5 Å². The van der Waals surface area contributed by atoms with E-state index in [9.17, 15) is 33.9 Å². The van der Waals surface area contributed by atoms with Crippen LogP contribution in [0.4, 0.5) is 0 Å². The molecule has 0 aromatic carbocycles. The highest BCUT2D eigenvalue weighted by Crippen LogP contribution is 2.17. The molecular formula is C38H68N6O7. The molecule has 292 valence electrons. The standard InChI is InChI=1S/C38H66N6O7.H2/c1-3-4-5-6-7-8-9-10-11-12-13-14-15-19-37(49)44-33(38(50)51)20-21-36(48)42-22-17-16-18-30(35(47)27-40-25-29(2)45)23-34(46)32(39)24-31-26-41-28-43-31;/h26,28,30,32-33,40H,3-25,27,39H2,1-2H3,(H,41,43)(H,42,48)(H,44,49)(H,50,51);1H/t30-,32-,33+;/m0./s1. The topological polar surface area (TPSA) is 213 Å². The van der Waals surface area contributed by atoms with Crippen molar-refractivity contribution in [3.8, 4) is 0 Å². The molecule has 0 saturated heterocycles. The molecule has 0 bridgehead atoms. The number of amides is 2. The molecule has 0 fully saturated rings. The third-order valence-electron chi connectivity index (χ3n) is 9.09. The Morgan fingerprint density at radius 3 is 2.00 bits per heavy atom. The van der Waals surface area contributed by atoms with Crippen molar-refractivity contribution in [1.82, 2.24) is 25.9 Å². The van der Waals surface area contributed by atoms with Crippen LogP contribution < -0.4 is 21.7 Å². The van der Waals surface area contributed by atoms with E-state index < -0.39 is 24.0 Å². The number of carboxylic acids is 1. The minimum atomic E-state index is -1.17. The first kappa shape index (κ1) is 45.6. The van der Waals surface area contributed by atoms with Gasteiger partial charge in [-0.3, -0.25) is 24.0 Å². The number of imidazole rings is 1. The number of carbonyl (C=O) groups is 6. The van der Waals surface area contributed by atoms with Crippen molar-refractivity contribution >= 4 is 35.1 Å². The van der Waals surface area contributed by atoms with Crippen molar-refractivity contribution in [2.45, 2.75) is 161 Å². The number of H-pyrrole nitrogens is 1. The summed E-state index contributed by atoms with van der Waals surface area (Å²) in [7, 11) is 0. The largest absolute Gasteiger partial charge is 0.480 e. The highest BCUT2D eigenvalue weighted by molar-refractivity contribution is 5.91. The maximum atomic E-state index is 12.9. The number of ketones is 3. The normalized spacial score (nSPS) is 12.9. The molecule has 1 aromatic rings. The first-order chi connectivity index (χ1) is 24.5. The molecule has 51 heavy (non-hydrogen) atoms. The van der Waals surface area contributed by atoms with Gasteiger partial charge in [0.15, 0.2) is 5.78 Å². The Kier molecular flexibility index (Phi) is 26.1. The van der Waals surface area contributed by atoms with Gasteiger partial charge in [-0.05, 0) is 32.6 Å². The number of carbonyl (C=O) groups excluding carboxylic acids is 5. The second kappa shape index (κ2) is 29.2. The first-order valence-corrected chi connectivity index (χ1v) is 19.3. The van der Waals surface area contributed by atoms with Gasteiger partial charge in [0, 0.05) is 51.5 Å². The number of aromatic amines is 1. The number of nitrogens with one attached hydrogen (secondary N) is 4. The van der Waals surface area contributed by atoms with E-state index in [-0.39, 0.29) is 75.8 Å². The van der Waals surface area contributed by atoms with Gasteiger partial charge in [0.2, 0.25) is 11.8 Å². The molecule has 0 spiro atoms. The van der Waals surface area contributed by atoms with Gasteiger partial charge < -0.3 is 31.8 Å². The van der Waals surface area contributed by atoms with Crippen LogP contribution in [-0.2, 0) is 35.2 Å². The monoisotopic (exact) mass is 721 g/mol. The predicted octanol–water partition coefficient (Wildman–Crippen LogP) is 4.97. The minimum Gasteiger partial charge on any atom is -0.480 e. The lowest BCUT2D eigenvalue weighted by molar-refractivity contribution is -0.142. The van der Waals surface area contributed by atoms with Crippen LogP contribution >= 0.6 is 0 Å². The van der Waals surface area contributed by atoms with Gasteiger partial charge in [0.1, 0.15) is 17.6 Å². The summed E-state index contributed by atoms with van der Waals surface area (Å²) in [4.78, 5) is 80.3. The summed E-state index contributed by atoms with van der Waals surface area (Å²) in [5.74, 6) is -2.92. The van der Waals surface area contributed by atoms with E-state index in [1.54, 1.807) is 6.20 Å². The van der Waals surface area contributed by atoms with Gasteiger partial charge in [-0.25, -0.2) is 9.78 Å². The molecule has 2 amide bonds. The number of aliphatic carboxylic acids is 1. The minimum absolute atomic E-state index is 0. The average Bonchev–Trinajstić information content (AvgIpc) is 3.60. The number of nitrogens with two attached hydrogens (primary N) is 1. The number of nitrogens with zero attached hydrogens (tertiary/aromatic N) is 1. The van der Waals surface area contributed by atoms with Crippen LogP contribution in [0.2, 0.25) is 0 Å². The molecule has 0 aliphatic rings. The lowest BCUT2D eigenvalue weighted by Crippen LogP contribution is -2.41. The van der Waals surface area contributed by atoms with Crippen molar-refractivity contribution in [3.05, 3.63) is 18.2 Å². The van der Waals surface area contributed by atoms with E-state index in [2.05, 4.69) is 32.8 Å². The third-order valence-corrected chi connectivity index (χ3v) is 9.09. The number of Topliss-reactive ketones (excluding diaryl/α,β-unsaturated/α-hetero) is 3. The Hall–Kier alpha value is -3.45. The lowest BCUT2D eigenvalue weighted by atomic mass is 9.89. The van der Waals surface area contributed by atoms with E-state index >= 15 is 0 Å². The number of hydrogen-bond acceptors (Lipinski definition) is 9. The van der Waals surface area contributed by atoms with Crippen LogP contribution in [0, 0.1) is 5.92 Å². The molecule has 0 unspecified atom stereocenters. The number of hydrogen-bond donors (Lipinski definition) is 6. The Balaban J connectivity index is 0.0000260. The van der Waals surface area contributed by atoms with E-state index in [1.807, 2.05) is 0 Å². The van der Waals surface area contributed by atoms with E-state index in [0.717, 1.165) is 25.0 Å². The smallest absolute Gasteiger partial charge is 0.326 e. The van der Waals surface area contributed by atoms with Gasteiger partial charge in [-0.15, -0.1) is 0 Å². The zero-order valence-electron chi connectivity index (χ0n) is 31.3. The number of rotatable bonds is 34. The van der Waals surface area contributed by atoms with Crippen LogP contribution in [0.25, 0.3) is 0 Å². The second-order valence-electron chi connectivity index (χ2n) is 13.9. The summed E-state index contributed by atoms with van der Waals surface area (Å²) in [5.41, 5.74) is 6.81. The van der Waals surface area contributed by atoms with Crippen molar-refractivity contribution in [3.63, 3.8) is 0 Å². The van der Waals surface area contributed by atoms with Crippen molar-refractivity contribution in [2.75, 3.05) is 19.6 Å². The summed E-state index contributed by atoms with van der Waals surface area (Å²) >= 11 is 0. The summed E-state index contributed by atoms with van der Waals surface area (Å²) in [6, 6.07) is -1.92. The van der Waals surface area contributed by atoms with Gasteiger partial charge in [-0.1, -0.05) is 90.4 Å². The maximum absolute atomic E-state index is 12.9. The maximum Gasteiger partial charge on any atom is 0.326 e. The Morgan fingerprint density at radius 2 is 1.43 bits per heavy atom. The van der Waals surface area contributed by atoms with E-state index in [1.165, 1.54) is 71.0 Å². The summed E-state index contributed by atoms with van der Waals surface area (Å²) in [6.45, 7) is 3.99. The summed E-state index contributed by atoms with van der Waals surface area (Å²) in [5, 5.41) is 17.7. The number of carboxylic acid groups (broad SMARTS) is 1. The van der Waals surface area contributed by atoms with Crippen LogP contribution in [0.15, 0.2) is 12.5 Å². The molecule has 13 nitrogen and oxygen atoms in total. The van der Waals surface area contributed by atoms with E-state index in [0.29, 0.717) is 32.2 Å². The third kappa shape index (κ3) is 24.4. The summed E-state index contributed by atoms with van der Waals surface area (Å²) < 4.78 is 0. The summed E-state index contributed by atoms with van der Waals surface area (Å²) in [6.07, 6.45) is 20.7. The fourth-order valence-corrected chi connectivity index (χ4v) is 5.96.